The minimum Gasteiger partial charge on any atom is -0.343 e. The number of rotatable bonds is 5. The molecule has 0 aromatic rings. The molecule has 0 aromatic carbocycles. The van der Waals surface area contributed by atoms with Crippen molar-refractivity contribution in [3.05, 3.63) is 0 Å². The summed E-state index contributed by atoms with van der Waals surface area (Å²) < 4.78 is 0. The Balaban J connectivity index is 2.92. The third kappa shape index (κ3) is 9.25. The molecule has 1 amide bonds. The van der Waals surface area contributed by atoms with Gasteiger partial charge in [-0.15, -0.1) is 0 Å². The Morgan fingerprint density at radius 1 is 1.45 bits per heavy atom. The van der Waals surface area contributed by atoms with E-state index in [-0.39, 0.29) is 0 Å². The van der Waals surface area contributed by atoms with E-state index in [0.717, 1.165) is 19.3 Å². The number of carbonyl (C=O) groups is 1. The average molecular weight is 175 g/mol. The predicted molar refractivity (Wildman–Crippen MR) is 43.3 cm³/mol. The van der Waals surface area contributed by atoms with Crippen molar-refractivity contribution in [3.63, 3.8) is 0 Å². The quantitative estimate of drug-likeness (QED) is 0.394. The first-order valence-electron chi connectivity index (χ1n) is 3.57. The highest BCUT2D eigenvalue weighted by molar-refractivity contribution is 6.62. The normalized spacial score (nSPS) is 8.73. The number of nitriles is 1. The summed E-state index contributed by atoms with van der Waals surface area (Å²) in [6.07, 6.45) is 3.34. The number of unbranched alkanes of at least 4 members (excludes halogenated alkanes) is 3. The monoisotopic (exact) mass is 174 g/mol. The van der Waals surface area contributed by atoms with Crippen LogP contribution in [0.1, 0.15) is 25.7 Å². The average Bonchev–Trinajstić information content (AvgIpc) is 1.96. The van der Waals surface area contributed by atoms with Crippen LogP contribution in [0.25, 0.3) is 0 Å². The lowest BCUT2D eigenvalue weighted by Gasteiger charge is -1.97. The van der Waals surface area contributed by atoms with Gasteiger partial charge in [0.25, 0.3) is 0 Å². The highest BCUT2D eigenvalue weighted by atomic mass is 35.5. The molecule has 0 saturated carbocycles. The smallest absolute Gasteiger partial charge is 0.313 e. The summed E-state index contributed by atoms with van der Waals surface area (Å²) in [4.78, 5) is 10.1. The third-order valence-corrected chi connectivity index (χ3v) is 1.36. The lowest BCUT2D eigenvalue weighted by molar-refractivity contribution is 0.259. The van der Waals surface area contributed by atoms with Crippen LogP contribution in [-0.4, -0.2) is 11.9 Å². The maximum atomic E-state index is 10.1. The molecule has 0 unspecified atom stereocenters. The molecule has 3 nitrogen and oxygen atoms in total. The van der Waals surface area contributed by atoms with E-state index in [1.54, 1.807) is 0 Å². The molecule has 11 heavy (non-hydrogen) atoms. The predicted octanol–water partition coefficient (Wildman–Crippen LogP) is 2.02. The maximum absolute atomic E-state index is 10.1. The molecular weight excluding hydrogens is 164 g/mol. The molecule has 0 spiro atoms. The van der Waals surface area contributed by atoms with Gasteiger partial charge in [-0.1, -0.05) is 6.42 Å². The Morgan fingerprint density at radius 2 is 2.18 bits per heavy atom. The minimum atomic E-state index is -0.509. The number of nitrogens with zero attached hydrogens (tertiary/aromatic N) is 1. The summed E-state index contributed by atoms with van der Waals surface area (Å²) in [6.45, 7) is 0.605. The number of hydrogen-bond acceptors (Lipinski definition) is 2. The van der Waals surface area contributed by atoms with E-state index in [1.165, 1.54) is 0 Å². The van der Waals surface area contributed by atoms with Gasteiger partial charge in [0.05, 0.1) is 6.07 Å². The van der Waals surface area contributed by atoms with Crippen molar-refractivity contribution >= 4 is 17.0 Å². The van der Waals surface area contributed by atoms with Gasteiger partial charge in [0, 0.05) is 13.0 Å². The second kappa shape index (κ2) is 7.36. The summed E-state index contributed by atoms with van der Waals surface area (Å²) in [6, 6.07) is 2.05. The number of amides is 1. The summed E-state index contributed by atoms with van der Waals surface area (Å²) in [5.41, 5.74) is 0. The fraction of sp³-hybridized carbons (Fsp3) is 0.714. The van der Waals surface area contributed by atoms with Gasteiger partial charge in [0.15, 0.2) is 0 Å². The molecule has 0 aliphatic carbocycles. The molecule has 0 rings (SSSR count). The summed E-state index contributed by atoms with van der Waals surface area (Å²) in [5.74, 6) is 0. The molecule has 0 aliphatic rings. The summed E-state index contributed by atoms with van der Waals surface area (Å²) in [5, 5.41) is 10.1. The molecule has 0 bridgehead atoms. The van der Waals surface area contributed by atoms with Gasteiger partial charge >= 0.3 is 5.37 Å². The summed E-state index contributed by atoms with van der Waals surface area (Å²) in [7, 11) is 0. The van der Waals surface area contributed by atoms with Crippen LogP contribution in [0.2, 0.25) is 0 Å². The number of halogens is 1. The van der Waals surface area contributed by atoms with E-state index >= 15 is 0 Å². The van der Waals surface area contributed by atoms with Crippen LogP contribution in [0.15, 0.2) is 0 Å². The highest BCUT2D eigenvalue weighted by Gasteiger charge is 1.92. The third-order valence-electron chi connectivity index (χ3n) is 1.23. The fourth-order valence-electron chi connectivity index (χ4n) is 0.692. The molecule has 0 aromatic heterocycles. The van der Waals surface area contributed by atoms with Crippen molar-refractivity contribution in [2.45, 2.75) is 25.7 Å². The zero-order valence-electron chi connectivity index (χ0n) is 6.27. The van der Waals surface area contributed by atoms with Crippen LogP contribution >= 0.6 is 11.6 Å². The lowest BCUT2D eigenvalue weighted by atomic mass is 10.2. The Hall–Kier alpha value is -0.750. The van der Waals surface area contributed by atoms with Gasteiger partial charge in [-0.2, -0.15) is 5.26 Å². The van der Waals surface area contributed by atoms with Gasteiger partial charge in [-0.3, -0.25) is 4.79 Å². The van der Waals surface area contributed by atoms with E-state index < -0.39 is 5.37 Å². The first kappa shape index (κ1) is 10.2. The molecule has 0 fully saturated rings. The molecule has 62 valence electrons. The second-order valence-electron chi connectivity index (χ2n) is 2.17. The Kier molecular flexibility index (Phi) is 6.86. The fourth-order valence-corrected chi connectivity index (χ4v) is 0.787. The largest absolute Gasteiger partial charge is 0.343 e. The summed E-state index contributed by atoms with van der Waals surface area (Å²) >= 11 is 5.02. The van der Waals surface area contributed by atoms with E-state index in [4.69, 9.17) is 16.9 Å². The Bertz CT molecular complexity index is 153. The van der Waals surface area contributed by atoms with E-state index in [0.29, 0.717) is 13.0 Å². The van der Waals surface area contributed by atoms with Gasteiger partial charge in [0.1, 0.15) is 0 Å². The standard InChI is InChI=1S/C7H11ClN2O/c8-7(11)10-6-4-2-1-3-5-9/h1-4,6H2,(H,10,11). The second-order valence-corrected chi connectivity index (χ2v) is 2.51. The number of hydrogen-bond donors (Lipinski definition) is 1. The van der Waals surface area contributed by atoms with Gasteiger partial charge < -0.3 is 5.32 Å². The first-order valence-corrected chi connectivity index (χ1v) is 3.95. The van der Waals surface area contributed by atoms with Gasteiger partial charge in [0.2, 0.25) is 0 Å². The maximum Gasteiger partial charge on any atom is 0.313 e. The molecule has 0 saturated heterocycles. The molecule has 0 aliphatic heterocycles. The van der Waals surface area contributed by atoms with Crippen molar-refractivity contribution in [1.29, 1.82) is 5.26 Å². The molecule has 0 atom stereocenters. The van der Waals surface area contributed by atoms with E-state index in [9.17, 15) is 4.79 Å². The molecule has 0 heterocycles. The van der Waals surface area contributed by atoms with Crippen LogP contribution in [0.3, 0.4) is 0 Å². The van der Waals surface area contributed by atoms with E-state index in [1.807, 2.05) is 0 Å². The first-order chi connectivity index (χ1) is 5.27. The van der Waals surface area contributed by atoms with Crippen molar-refractivity contribution in [2.24, 2.45) is 0 Å². The van der Waals surface area contributed by atoms with Gasteiger partial charge in [-0.05, 0) is 24.4 Å². The molecule has 4 heteroatoms. The molecule has 0 radical (unpaired) electrons. The Morgan fingerprint density at radius 3 is 2.73 bits per heavy atom. The van der Waals surface area contributed by atoms with Crippen LogP contribution in [0, 0.1) is 11.3 Å². The molecule has 1 N–H and O–H groups in total. The van der Waals surface area contributed by atoms with Crippen LogP contribution < -0.4 is 5.32 Å². The lowest BCUT2D eigenvalue weighted by Crippen LogP contribution is -2.17. The topological polar surface area (TPSA) is 52.9 Å². The van der Waals surface area contributed by atoms with E-state index in [2.05, 4.69) is 11.4 Å². The minimum absolute atomic E-state index is 0.509. The van der Waals surface area contributed by atoms with Crippen LogP contribution in [0.4, 0.5) is 4.79 Å². The molecular formula is C7H11ClN2O. The van der Waals surface area contributed by atoms with Crippen molar-refractivity contribution < 1.29 is 4.79 Å². The SMILES string of the molecule is N#CCCCCCNC(=O)Cl. The number of nitrogens with one attached hydrogen (secondary N) is 1. The van der Waals surface area contributed by atoms with Crippen LogP contribution in [0.5, 0.6) is 0 Å². The van der Waals surface area contributed by atoms with Crippen molar-refractivity contribution in [3.8, 4) is 6.07 Å². The zero-order chi connectivity index (χ0) is 8.53. The van der Waals surface area contributed by atoms with Crippen LogP contribution in [-0.2, 0) is 0 Å². The number of carbonyl (C=O) groups excluding carboxylic acids is 1. The highest BCUT2D eigenvalue weighted by Crippen LogP contribution is 1.97. The zero-order valence-corrected chi connectivity index (χ0v) is 7.02. The van der Waals surface area contributed by atoms with Crippen molar-refractivity contribution in [2.75, 3.05) is 6.54 Å². The van der Waals surface area contributed by atoms with Gasteiger partial charge in [-0.25, -0.2) is 0 Å². The van der Waals surface area contributed by atoms with Crippen molar-refractivity contribution in [1.82, 2.24) is 5.32 Å². The Labute approximate surface area is 71.3 Å².